The van der Waals surface area contributed by atoms with Crippen LogP contribution in [0.3, 0.4) is 0 Å². The maximum Gasteiger partial charge on any atom is 0.262 e. The van der Waals surface area contributed by atoms with Crippen LogP contribution in [0, 0.1) is 12.8 Å². The van der Waals surface area contributed by atoms with Crippen molar-refractivity contribution in [1.29, 1.82) is 0 Å². The average molecular weight is 336 g/mol. The third kappa shape index (κ3) is 3.58. The van der Waals surface area contributed by atoms with Crippen molar-refractivity contribution in [2.45, 2.75) is 20.8 Å². The van der Waals surface area contributed by atoms with Crippen molar-refractivity contribution < 1.29 is 9.59 Å². The van der Waals surface area contributed by atoms with Crippen LogP contribution in [0.1, 0.15) is 29.1 Å². The fourth-order valence-corrected chi connectivity index (χ4v) is 3.13. The Morgan fingerprint density at radius 1 is 1.30 bits per heavy atom. The van der Waals surface area contributed by atoms with Gasteiger partial charge in [-0.15, -0.1) is 11.3 Å². The number of aromatic nitrogens is 2. The number of amides is 2. The lowest BCUT2D eigenvalue weighted by atomic mass is 10.2. The maximum absolute atomic E-state index is 12.3. The van der Waals surface area contributed by atoms with Gasteiger partial charge in [0.15, 0.2) is 0 Å². The molecule has 2 heterocycles. The largest absolute Gasteiger partial charge is 0.354 e. The molecule has 8 heteroatoms. The first-order valence-electron chi connectivity index (χ1n) is 7.33. The summed E-state index contributed by atoms with van der Waals surface area (Å²) in [4.78, 5) is 41.1. The molecule has 2 aromatic heterocycles. The molecule has 0 bridgehead atoms. The third-order valence-corrected chi connectivity index (χ3v) is 4.65. The highest BCUT2D eigenvalue weighted by Crippen LogP contribution is 2.26. The monoisotopic (exact) mass is 336 g/mol. The summed E-state index contributed by atoms with van der Waals surface area (Å²) >= 11 is 1.20. The summed E-state index contributed by atoms with van der Waals surface area (Å²) in [5, 5.41) is 5.96. The highest BCUT2D eigenvalue weighted by Gasteiger charge is 2.18. The first-order valence-corrected chi connectivity index (χ1v) is 8.15. The molecule has 2 amide bonds. The van der Waals surface area contributed by atoms with Gasteiger partial charge in [0, 0.05) is 26.1 Å². The van der Waals surface area contributed by atoms with Gasteiger partial charge >= 0.3 is 0 Å². The molecule has 0 aliphatic carbocycles. The predicted octanol–water partition coefficient (Wildman–Crippen LogP) is 0.805. The van der Waals surface area contributed by atoms with Gasteiger partial charge in [0.05, 0.1) is 16.6 Å². The molecule has 7 nitrogen and oxygen atoms in total. The zero-order valence-electron chi connectivity index (χ0n) is 13.6. The van der Waals surface area contributed by atoms with Crippen LogP contribution in [0.4, 0.5) is 0 Å². The lowest BCUT2D eigenvalue weighted by Gasteiger charge is -2.08. The molecule has 0 atom stereocenters. The van der Waals surface area contributed by atoms with E-state index >= 15 is 0 Å². The molecule has 124 valence electrons. The van der Waals surface area contributed by atoms with Gasteiger partial charge in [0.25, 0.3) is 11.5 Å². The Kier molecular flexibility index (Phi) is 5.15. The van der Waals surface area contributed by atoms with E-state index in [9.17, 15) is 14.4 Å². The number of thiophene rings is 1. The van der Waals surface area contributed by atoms with Crippen molar-refractivity contribution in [3.05, 3.63) is 27.1 Å². The van der Waals surface area contributed by atoms with Crippen molar-refractivity contribution in [2.75, 3.05) is 13.1 Å². The topological polar surface area (TPSA) is 93.1 Å². The summed E-state index contributed by atoms with van der Waals surface area (Å²) in [7, 11) is 1.63. The molecule has 2 N–H and O–H groups in total. The number of hydrogen-bond donors (Lipinski definition) is 2. The summed E-state index contributed by atoms with van der Waals surface area (Å²) in [6.45, 7) is 6.06. The minimum Gasteiger partial charge on any atom is -0.354 e. The zero-order chi connectivity index (χ0) is 17.1. The van der Waals surface area contributed by atoms with E-state index in [0.29, 0.717) is 33.7 Å². The quantitative estimate of drug-likeness (QED) is 0.790. The van der Waals surface area contributed by atoms with E-state index in [1.165, 1.54) is 22.2 Å². The number of nitrogens with one attached hydrogen (secondary N) is 2. The van der Waals surface area contributed by atoms with Gasteiger partial charge < -0.3 is 15.2 Å². The molecule has 0 unspecified atom stereocenters. The standard InChI is InChI=1S/C15H20N4O3S/c1-8(2)12(20)16-5-6-17-13(21)11-9(3)10-14(23-11)18-7-19(4)15(10)22/h7-8H,5-6H2,1-4H3,(H,16,20)(H,17,21). The molecule has 2 aromatic rings. The second-order valence-electron chi connectivity index (χ2n) is 5.60. The molecular weight excluding hydrogens is 316 g/mol. The van der Waals surface area contributed by atoms with Crippen LogP contribution in [-0.4, -0.2) is 34.5 Å². The molecule has 0 aliphatic rings. The van der Waals surface area contributed by atoms with Crippen molar-refractivity contribution in [3.8, 4) is 0 Å². The van der Waals surface area contributed by atoms with Gasteiger partial charge in [-0.05, 0) is 12.5 Å². The van der Waals surface area contributed by atoms with Crippen LogP contribution >= 0.6 is 11.3 Å². The van der Waals surface area contributed by atoms with Gasteiger partial charge in [0.2, 0.25) is 5.91 Å². The lowest BCUT2D eigenvalue weighted by Crippen LogP contribution is -2.36. The molecule has 0 aromatic carbocycles. The minimum absolute atomic E-state index is 0.0509. The van der Waals surface area contributed by atoms with Crippen LogP contribution in [0.25, 0.3) is 10.2 Å². The highest BCUT2D eigenvalue weighted by atomic mass is 32.1. The molecule has 0 saturated heterocycles. The first-order chi connectivity index (χ1) is 10.8. The number of hydrogen-bond acceptors (Lipinski definition) is 5. The van der Waals surface area contributed by atoms with Crippen molar-refractivity contribution in [2.24, 2.45) is 13.0 Å². The Hall–Kier alpha value is -2.22. The number of carbonyl (C=O) groups is 2. The van der Waals surface area contributed by atoms with Gasteiger partial charge in [0.1, 0.15) is 4.83 Å². The zero-order valence-corrected chi connectivity index (χ0v) is 14.4. The number of aryl methyl sites for hydroxylation is 2. The SMILES string of the molecule is Cc1c(C(=O)NCCNC(=O)C(C)C)sc2ncn(C)c(=O)c12. The van der Waals surface area contributed by atoms with Crippen LogP contribution in [-0.2, 0) is 11.8 Å². The second kappa shape index (κ2) is 6.91. The summed E-state index contributed by atoms with van der Waals surface area (Å²) in [5.41, 5.74) is 0.481. The van der Waals surface area contributed by atoms with Crippen LogP contribution in [0.15, 0.2) is 11.1 Å². The Morgan fingerprint density at radius 3 is 2.61 bits per heavy atom. The van der Waals surface area contributed by atoms with E-state index in [-0.39, 0.29) is 23.3 Å². The van der Waals surface area contributed by atoms with E-state index in [1.807, 2.05) is 13.8 Å². The van der Waals surface area contributed by atoms with E-state index < -0.39 is 0 Å². The third-order valence-electron chi connectivity index (χ3n) is 3.45. The van der Waals surface area contributed by atoms with Crippen LogP contribution in [0.5, 0.6) is 0 Å². The molecule has 0 radical (unpaired) electrons. The lowest BCUT2D eigenvalue weighted by molar-refractivity contribution is -0.123. The Morgan fingerprint density at radius 2 is 1.96 bits per heavy atom. The number of carbonyl (C=O) groups excluding carboxylic acids is 2. The Balaban J connectivity index is 2.07. The summed E-state index contributed by atoms with van der Waals surface area (Å²) < 4.78 is 1.39. The van der Waals surface area contributed by atoms with E-state index in [2.05, 4.69) is 15.6 Å². The van der Waals surface area contributed by atoms with Gasteiger partial charge in [-0.25, -0.2) is 4.98 Å². The van der Waals surface area contributed by atoms with Crippen molar-refractivity contribution in [3.63, 3.8) is 0 Å². The van der Waals surface area contributed by atoms with Crippen LogP contribution in [0.2, 0.25) is 0 Å². The van der Waals surface area contributed by atoms with E-state index in [0.717, 1.165) is 0 Å². The Bertz CT molecular complexity index is 807. The number of fused-ring (bicyclic) bond motifs is 1. The molecule has 23 heavy (non-hydrogen) atoms. The highest BCUT2D eigenvalue weighted by molar-refractivity contribution is 7.20. The van der Waals surface area contributed by atoms with Crippen LogP contribution < -0.4 is 16.2 Å². The molecular formula is C15H20N4O3S. The average Bonchev–Trinajstić information content (AvgIpc) is 2.84. The van der Waals surface area contributed by atoms with E-state index in [1.54, 1.807) is 14.0 Å². The van der Waals surface area contributed by atoms with E-state index in [4.69, 9.17) is 0 Å². The number of rotatable bonds is 5. The van der Waals surface area contributed by atoms with Crippen molar-refractivity contribution >= 4 is 33.4 Å². The molecule has 0 spiro atoms. The molecule has 0 saturated carbocycles. The predicted molar refractivity (Wildman–Crippen MR) is 89.8 cm³/mol. The summed E-state index contributed by atoms with van der Waals surface area (Å²) in [5.74, 6) is -0.394. The van der Waals surface area contributed by atoms with Gasteiger partial charge in [-0.3, -0.25) is 14.4 Å². The maximum atomic E-state index is 12.3. The van der Waals surface area contributed by atoms with Gasteiger partial charge in [-0.1, -0.05) is 13.8 Å². The minimum atomic E-state index is -0.258. The summed E-state index contributed by atoms with van der Waals surface area (Å²) in [6.07, 6.45) is 1.45. The van der Waals surface area contributed by atoms with Gasteiger partial charge in [-0.2, -0.15) is 0 Å². The second-order valence-corrected chi connectivity index (χ2v) is 6.60. The fourth-order valence-electron chi connectivity index (χ4n) is 2.07. The number of nitrogens with zero attached hydrogens (tertiary/aromatic N) is 2. The normalized spacial score (nSPS) is 11.0. The Labute approximate surface area is 137 Å². The molecule has 2 rings (SSSR count). The molecule has 0 aliphatic heterocycles. The van der Waals surface area contributed by atoms with Crippen molar-refractivity contribution in [1.82, 2.24) is 20.2 Å². The smallest absolute Gasteiger partial charge is 0.262 e. The molecule has 0 fully saturated rings. The first kappa shape index (κ1) is 17.1. The fraction of sp³-hybridized carbons (Fsp3) is 0.467. The summed E-state index contributed by atoms with van der Waals surface area (Å²) in [6, 6.07) is 0.